The molecule has 1 fully saturated rings. The van der Waals surface area contributed by atoms with Crippen LogP contribution in [0.4, 0.5) is 5.82 Å². The van der Waals surface area contributed by atoms with Gasteiger partial charge in [0.05, 0.1) is 12.8 Å². The van der Waals surface area contributed by atoms with Gasteiger partial charge in [-0.05, 0) is 37.1 Å². The van der Waals surface area contributed by atoms with Gasteiger partial charge in [0.25, 0.3) is 5.91 Å². The van der Waals surface area contributed by atoms with Crippen LogP contribution in [0.25, 0.3) is 0 Å². The second-order valence-electron chi connectivity index (χ2n) is 8.36. The molecule has 2 aromatic rings. The number of hydrogen-bond donors (Lipinski definition) is 3. The second-order valence-corrected chi connectivity index (χ2v) is 8.36. The van der Waals surface area contributed by atoms with Crippen LogP contribution in [0.15, 0.2) is 36.7 Å². The lowest BCUT2D eigenvalue weighted by molar-refractivity contribution is -0.122. The van der Waals surface area contributed by atoms with Crippen LogP contribution in [0.1, 0.15) is 40.1 Å². The highest BCUT2D eigenvalue weighted by Gasteiger charge is 2.21. The highest BCUT2D eigenvalue weighted by Crippen LogP contribution is 2.14. The minimum Gasteiger partial charge on any atom is -0.492 e. The van der Waals surface area contributed by atoms with Crippen LogP contribution < -0.4 is 20.3 Å². The van der Waals surface area contributed by atoms with Crippen LogP contribution in [0.3, 0.4) is 0 Å². The number of aliphatic hydroxyl groups excluding tert-OH is 1. The molecule has 3 N–H and O–H groups in total. The van der Waals surface area contributed by atoms with E-state index in [-0.39, 0.29) is 24.4 Å². The smallest absolute Gasteiger partial charge is 0.270 e. The lowest BCUT2D eigenvalue weighted by atomic mass is 10.1. The van der Waals surface area contributed by atoms with E-state index in [4.69, 9.17) is 9.84 Å². The van der Waals surface area contributed by atoms with Crippen molar-refractivity contribution in [3.05, 3.63) is 47.9 Å². The largest absolute Gasteiger partial charge is 0.492 e. The molecule has 0 aromatic carbocycles. The number of carbonyl (C=O) groups is 4. The number of pyridine rings is 2. The number of anilines is 1. The Bertz CT molecular complexity index is 1010. The molecule has 1 atom stereocenters. The van der Waals surface area contributed by atoms with Gasteiger partial charge >= 0.3 is 0 Å². The molecule has 1 saturated heterocycles. The van der Waals surface area contributed by atoms with Crippen LogP contribution in [0.2, 0.25) is 0 Å². The Hall–Kier alpha value is -3.90. The molecule has 0 aliphatic carbocycles. The Kier molecular flexibility index (Phi) is 13.4. The van der Waals surface area contributed by atoms with Crippen molar-refractivity contribution in [2.45, 2.75) is 25.3 Å². The van der Waals surface area contributed by atoms with Crippen molar-refractivity contribution in [1.82, 2.24) is 25.5 Å². The number of amides is 2. The summed E-state index contributed by atoms with van der Waals surface area (Å²) in [6.45, 7) is 5.02. The van der Waals surface area contributed by atoms with Gasteiger partial charge in [0, 0.05) is 65.1 Å². The van der Waals surface area contributed by atoms with Gasteiger partial charge in [-0.25, -0.2) is 9.97 Å². The normalized spacial score (nSPS) is 13.9. The molecule has 0 spiro atoms. The van der Waals surface area contributed by atoms with E-state index in [9.17, 15) is 19.2 Å². The number of aromatic nitrogens is 2. The summed E-state index contributed by atoms with van der Waals surface area (Å²) in [5.41, 5.74) is 0.738. The molecule has 206 valence electrons. The molecule has 2 amide bonds. The van der Waals surface area contributed by atoms with E-state index in [1.165, 1.54) is 13.2 Å². The Balaban J connectivity index is 0.00000247. The maximum atomic E-state index is 12.4. The zero-order chi connectivity index (χ0) is 27.8. The first-order chi connectivity index (χ1) is 18.5. The van der Waals surface area contributed by atoms with Gasteiger partial charge in [-0.2, -0.15) is 0 Å². The lowest BCUT2D eigenvalue weighted by Crippen LogP contribution is -2.47. The molecule has 0 saturated carbocycles. The van der Waals surface area contributed by atoms with Crippen molar-refractivity contribution in [2.24, 2.45) is 0 Å². The summed E-state index contributed by atoms with van der Waals surface area (Å²) in [7, 11) is 2.47. The van der Waals surface area contributed by atoms with Crippen molar-refractivity contribution in [2.75, 3.05) is 58.4 Å². The van der Waals surface area contributed by atoms with Gasteiger partial charge in [0.1, 0.15) is 29.6 Å². The van der Waals surface area contributed by atoms with E-state index in [1.807, 2.05) is 6.07 Å². The SMILES string of the molecule is CNC(=O)C(CCC=O)NC(=O)c1ccc(OCCCN2CCN(c3ccc(C=O)cn3)CC2)cn1.CO. The number of likely N-dealkylation sites (N-methyl/N-ethyl adjacent to an activating group) is 1. The maximum Gasteiger partial charge on any atom is 0.270 e. The molecular formula is C26H36N6O6. The molecule has 3 rings (SSSR count). The maximum absolute atomic E-state index is 12.4. The van der Waals surface area contributed by atoms with E-state index in [0.717, 1.165) is 58.4 Å². The molecule has 2 aromatic heterocycles. The quantitative estimate of drug-likeness (QED) is 0.244. The Morgan fingerprint density at radius 1 is 1.08 bits per heavy atom. The molecule has 1 aliphatic rings. The summed E-state index contributed by atoms with van der Waals surface area (Å²) in [6.07, 6.45) is 5.81. The Labute approximate surface area is 222 Å². The van der Waals surface area contributed by atoms with Crippen LogP contribution in [0.5, 0.6) is 5.75 Å². The molecule has 1 unspecified atom stereocenters. The molecule has 0 radical (unpaired) electrons. The highest BCUT2D eigenvalue weighted by atomic mass is 16.5. The molecule has 1 aliphatic heterocycles. The summed E-state index contributed by atoms with van der Waals surface area (Å²) in [6, 6.07) is 6.07. The third kappa shape index (κ3) is 9.52. The predicted molar refractivity (Wildman–Crippen MR) is 141 cm³/mol. The van der Waals surface area contributed by atoms with Crippen molar-refractivity contribution < 1.29 is 29.0 Å². The molecular weight excluding hydrogens is 492 g/mol. The first-order valence-electron chi connectivity index (χ1n) is 12.4. The summed E-state index contributed by atoms with van der Waals surface area (Å²) < 4.78 is 5.76. The van der Waals surface area contributed by atoms with Crippen LogP contribution in [-0.4, -0.2) is 104 Å². The third-order valence-electron chi connectivity index (χ3n) is 5.90. The number of ether oxygens (including phenoxy) is 1. The van der Waals surface area contributed by atoms with E-state index >= 15 is 0 Å². The van der Waals surface area contributed by atoms with E-state index < -0.39 is 11.9 Å². The van der Waals surface area contributed by atoms with Crippen LogP contribution in [-0.2, 0) is 9.59 Å². The van der Waals surface area contributed by atoms with Gasteiger partial charge in [-0.1, -0.05) is 0 Å². The third-order valence-corrected chi connectivity index (χ3v) is 5.90. The topological polar surface area (TPSA) is 154 Å². The fourth-order valence-electron chi connectivity index (χ4n) is 3.84. The number of hydrogen-bond acceptors (Lipinski definition) is 10. The molecule has 38 heavy (non-hydrogen) atoms. The Morgan fingerprint density at radius 3 is 2.42 bits per heavy atom. The van der Waals surface area contributed by atoms with Crippen molar-refractivity contribution in [3.8, 4) is 5.75 Å². The van der Waals surface area contributed by atoms with Crippen molar-refractivity contribution in [1.29, 1.82) is 0 Å². The minimum atomic E-state index is -0.799. The number of piperazine rings is 1. The standard InChI is InChI=1S/C25H32N6O5.CH4O/c1-26-24(34)22(4-2-14-32)29-25(35)21-7-6-20(17-27-21)36-15-3-9-30-10-12-31(13-11-30)23-8-5-19(18-33)16-28-23;1-2/h5-8,14,16-18,22H,2-4,9-13,15H2,1H3,(H,26,34)(H,29,35);2H,1H3. The second kappa shape index (κ2) is 16.8. The van der Waals surface area contributed by atoms with Crippen molar-refractivity contribution >= 4 is 30.2 Å². The first kappa shape index (κ1) is 30.3. The Morgan fingerprint density at radius 2 is 1.84 bits per heavy atom. The molecule has 12 heteroatoms. The van der Waals surface area contributed by atoms with Gasteiger partial charge in [-0.15, -0.1) is 0 Å². The number of aldehydes is 2. The summed E-state index contributed by atoms with van der Waals surface area (Å²) in [5, 5.41) is 12.1. The minimum absolute atomic E-state index is 0.163. The summed E-state index contributed by atoms with van der Waals surface area (Å²) in [5.74, 6) is 0.593. The predicted octanol–water partition coefficient (Wildman–Crippen LogP) is 0.312. The first-order valence-corrected chi connectivity index (χ1v) is 12.4. The van der Waals surface area contributed by atoms with Gasteiger partial charge in [0.2, 0.25) is 5.91 Å². The average Bonchev–Trinajstić information content (AvgIpc) is 2.98. The highest BCUT2D eigenvalue weighted by molar-refractivity contribution is 5.96. The zero-order valence-electron chi connectivity index (χ0n) is 21.8. The lowest BCUT2D eigenvalue weighted by Gasteiger charge is -2.35. The summed E-state index contributed by atoms with van der Waals surface area (Å²) in [4.78, 5) is 58.8. The van der Waals surface area contributed by atoms with Gasteiger partial charge in [0.15, 0.2) is 6.29 Å². The van der Waals surface area contributed by atoms with Gasteiger partial charge < -0.3 is 30.2 Å². The number of rotatable bonds is 13. The van der Waals surface area contributed by atoms with Crippen LogP contribution in [0, 0.1) is 0 Å². The molecule has 12 nitrogen and oxygen atoms in total. The zero-order valence-corrected chi connectivity index (χ0v) is 21.8. The molecule has 3 heterocycles. The monoisotopic (exact) mass is 528 g/mol. The number of nitrogens with one attached hydrogen (secondary N) is 2. The number of carbonyl (C=O) groups excluding carboxylic acids is 4. The van der Waals surface area contributed by atoms with Gasteiger partial charge in [-0.3, -0.25) is 19.3 Å². The fraction of sp³-hybridized carbons (Fsp3) is 0.462. The number of nitrogens with zero attached hydrogens (tertiary/aromatic N) is 4. The summed E-state index contributed by atoms with van der Waals surface area (Å²) >= 11 is 0. The number of aliphatic hydroxyl groups is 1. The van der Waals surface area contributed by atoms with E-state index in [0.29, 0.717) is 24.2 Å². The van der Waals surface area contributed by atoms with Crippen LogP contribution >= 0.6 is 0 Å². The molecule has 0 bridgehead atoms. The van der Waals surface area contributed by atoms with E-state index in [2.05, 4.69) is 30.4 Å². The van der Waals surface area contributed by atoms with E-state index in [1.54, 1.807) is 24.4 Å². The average molecular weight is 529 g/mol. The fourth-order valence-corrected chi connectivity index (χ4v) is 3.84. The van der Waals surface area contributed by atoms with Crippen molar-refractivity contribution in [3.63, 3.8) is 0 Å².